The third-order valence-electron chi connectivity index (χ3n) is 4.18. The molecule has 1 N–H and O–H groups in total. The zero-order valence-electron chi connectivity index (χ0n) is 14.4. The highest BCUT2D eigenvalue weighted by molar-refractivity contribution is 7.09. The first-order chi connectivity index (χ1) is 13.2. The fourth-order valence-corrected chi connectivity index (χ4v) is 3.72. The number of nitrogens with zero attached hydrogens (tertiary/aromatic N) is 3. The average Bonchev–Trinajstić information content (AvgIpc) is 3.31. The maximum absolute atomic E-state index is 12.3. The van der Waals surface area contributed by atoms with Crippen molar-refractivity contribution in [3.8, 4) is 0 Å². The van der Waals surface area contributed by atoms with Gasteiger partial charge in [0.2, 0.25) is 5.91 Å². The molecule has 0 aliphatic heterocycles. The first-order valence-corrected chi connectivity index (χ1v) is 9.83. The quantitative estimate of drug-likeness (QED) is 0.511. The van der Waals surface area contributed by atoms with Crippen molar-refractivity contribution < 1.29 is 4.79 Å². The summed E-state index contributed by atoms with van der Waals surface area (Å²) in [5, 5.41) is 5.59. The molecule has 3 heterocycles. The van der Waals surface area contributed by atoms with Crippen LogP contribution in [0.5, 0.6) is 0 Å². The van der Waals surface area contributed by atoms with Gasteiger partial charge in [0.15, 0.2) is 5.65 Å². The minimum Gasteiger partial charge on any atom is -0.326 e. The summed E-state index contributed by atoms with van der Waals surface area (Å²) in [6, 6.07) is 15.0. The normalized spacial score (nSPS) is 11.0. The molecular formula is C20H17ClN4OS. The molecule has 0 unspecified atom stereocenters. The molecule has 136 valence electrons. The predicted molar refractivity (Wildman–Crippen MR) is 109 cm³/mol. The van der Waals surface area contributed by atoms with Crippen molar-refractivity contribution in [2.45, 2.75) is 19.4 Å². The number of carbonyl (C=O) groups is 1. The maximum Gasteiger partial charge on any atom is 0.224 e. The highest BCUT2D eigenvalue weighted by atomic mass is 35.5. The molecule has 4 rings (SSSR count). The third kappa shape index (κ3) is 4.18. The Labute approximate surface area is 165 Å². The number of pyridine rings is 1. The number of aryl methyl sites for hydroxylation is 1. The van der Waals surface area contributed by atoms with Gasteiger partial charge in [-0.3, -0.25) is 4.79 Å². The van der Waals surface area contributed by atoms with Gasteiger partial charge < -0.3 is 9.88 Å². The van der Waals surface area contributed by atoms with Crippen LogP contribution in [0.2, 0.25) is 5.02 Å². The Morgan fingerprint density at radius 1 is 1.15 bits per heavy atom. The van der Waals surface area contributed by atoms with Crippen LogP contribution < -0.4 is 5.32 Å². The van der Waals surface area contributed by atoms with Gasteiger partial charge >= 0.3 is 0 Å². The molecule has 1 aromatic carbocycles. The summed E-state index contributed by atoms with van der Waals surface area (Å²) in [5.41, 5.74) is 2.43. The van der Waals surface area contributed by atoms with E-state index in [9.17, 15) is 4.79 Å². The van der Waals surface area contributed by atoms with Crippen LogP contribution in [-0.4, -0.2) is 20.4 Å². The van der Waals surface area contributed by atoms with Gasteiger partial charge in [0.25, 0.3) is 0 Å². The van der Waals surface area contributed by atoms with E-state index in [0.717, 1.165) is 22.7 Å². The van der Waals surface area contributed by atoms with E-state index in [1.165, 1.54) is 4.88 Å². The highest BCUT2D eigenvalue weighted by Gasteiger charge is 2.14. The Balaban J connectivity index is 1.51. The predicted octanol–water partition coefficient (Wildman–Crippen LogP) is 4.77. The Hall–Kier alpha value is -2.70. The van der Waals surface area contributed by atoms with Crippen LogP contribution in [0.15, 0.2) is 60.1 Å². The number of imidazole rings is 1. The van der Waals surface area contributed by atoms with Gasteiger partial charge in [-0.1, -0.05) is 17.7 Å². The first-order valence-electron chi connectivity index (χ1n) is 8.57. The van der Waals surface area contributed by atoms with Crippen LogP contribution in [0.3, 0.4) is 0 Å². The van der Waals surface area contributed by atoms with Crippen molar-refractivity contribution in [3.63, 3.8) is 0 Å². The van der Waals surface area contributed by atoms with Crippen molar-refractivity contribution in [3.05, 3.63) is 75.8 Å². The topological polar surface area (TPSA) is 59.8 Å². The third-order valence-corrected chi connectivity index (χ3v) is 5.29. The minimum absolute atomic E-state index is 0.0555. The van der Waals surface area contributed by atoms with E-state index < -0.39 is 0 Å². The van der Waals surface area contributed by atoms with Gasteiger partial charge in [-0.15, -0.1) is 11.3 Å². The molecule has 0 atom stereocenters. The van der Waals surface area contributed by atoms with Gasteiger partial charge in [-0.05, 0) is 47.8 Å². The molecular weight excluding hydrogens is 380 g/mol. The van der Waals surface area contributed by atoms with E-state index in [1.54, 1.807) is 41.8 Å². The Morgan fingerprint density at radius 2 is 2.00 bits per heavy atom. The van der Waals surface area contributed by atoms with Crippen molar-refractivity contribution in [2.75, 3.05) is 5.32 Å². The summed E-state index contributed by atoms with van der Waals surface area (Å²) in [6.07, 6.45) is 2.66. The van der Waals surface area contributed by atoms with Crippen LogP contribution in [-0.2, 0) is 17.8 Å². The molecule has 0 bridgehead atoms. The van der Waals surface area contributed by atoms with E-state index in [4.69, 9.17) is 16.6 Å². The molecule has 0 radical (unpaired) electrons. The lowest BCUT2D eigenvalue weighted by Gasteiger charge is -2.08. The number of hydrogen-bond acceptors (Lipinski definition) is 4. The number of anilines is 1. The number of halogens is 1. The van der Waals surface area contributed by atoms with Crippen LogP contribution >= 0.6 is 22.9 Å². The minimum atomic E-state index is -0.0555. The molecule has 0 fully saturated rings. The summed E-state index contributed by atoms with van der Waals surface area (Å²) < 4.78 is 2.09. The van der Waals surface area contributed by atoms with Crippen LogP contribution in [0, 0.1) is 0 Å². The Kier molecular flexibility index (Phi) is 5.18. The summed E-state index contributed by atoms with van der Waals surface area (Å²) in [6.45, 7) is 0.708. The molecule has 0 saturated carbocycles. The lowest BCUT2D eigenvalue weighted by molar-refractivity contribution is -0.116. The van der Waals surface area contributed by atoms with Crippen molar-refractivity contribution in [1.29, 1.82) is 0 Å². The van der Waals surface area contributed by atoms with Crippen LogP contribution in [0.1, 0.15) is 17.1 Å². The Morgan fingerprint density at radius 3 is 2.78 bits per heavy atom. The van der Waals surface area contributed by atoms with Gasteiger partial charge in [-0.25, -0.2) is 9.97 Å². The smallest absolute Gasteiger partial charge is 0.224 e. The monoisotopic (exact) mass is 396 g/mol. The van der Waals surface area contributed by atoms with Crippen molar-refractivity contribution in [1.82, 2.24) is 14.5 Å². The van der Waals surface area contributed by atoms with Gasteiger partial charge in [0.1, 0.15) is 11.3 Å². The lowest BCUT2D eigenvalue weighted by atomic mass is 10.2. The molecule has 0 saturated heterocycles. The number of nitrogens with one attached hydrogen (secondary N) is 1. The largest absolute Gasteiger partial charge is 0.326 e. The number of aromatic nitrogens is 3. The number of fused-ring (bicyclic) bond motifs is 1. The zero-order valence-corrected chi connectivity index (χ0v) is 16.0. The fraction of sp³-hybridized carbons (Fsp3) is 0.150. The number of benzene rings is 1. The SMILES string of the molecule is O=C(CCc1nc2cccnc2n1Cc1cccs1)Nc1ccc(Cl)cc1. The van der Waals surface area contributed by atoms with E-state index in [2.05, 4.69) is 26.3 Å². The lowest BCUT2D eigenvalue weighted by Crippen LogP contribution is -2.14. The van der Waals surface area contributed by atoms with Gasteiger partial charge in [-0.2, -0.15) is 0 Å². The summed E-state index contributed by atoms with van der Waals surface area (Å²) in [5.74, 6) is 0.809. The van der Waals surface area contributed by atoms with Crippen molar-refractivity contribution >= 4 is 45.7 Å². The van der Waals surface area contributed by atoms with Gasteiger partial charge in [0, 0.05) is 34.6 Å². The van der Waals surface area contributed by atoms with Gasteiger partial charge in [0.05, 0.1) is 6.54 Å². The molecule has 7 heteroatoms. The highest BCUT2D eigenvalue weighted by Crippen LogP contribution is 2.20. The van der Waals surface area contributed by atoms with E-state index >= 15 is 0 Å². The molecule has 1 amide bonds. The standard InChI is InChI=1S/C20H17ClN4OS/c21-14-5-7-15(8-6-14)23-19(26)10-9-18-24-17-4-1-11-22-20(17)25(18)13-16-3-2-12-27-16/h1-8,11-12H,9-10,13H2,(H,23,26). The summed E-state index contributed by atoms with van der Waals surface area (Å²) >= 11 is 7.57. The zero-order chi connectivity index (χ0) is 18.6. The average molecular weight is 397 g/mol. The molecule has 0 aliphatic carbocycles. The first kappa shape index (κ1) is 17.7. The van der Waals surface area contributed by atoms with E-state index in [1.807, 2.05) is 18.2 Å². The number of amides is 1. The molecule has 4 aromatic rings. The van der Waals surface area contributed by atoms with E-state index in [0.29, 0.717) is 24.4 Å². The van der Waals surface area contributed by atoms with E-state index in [-0.39, 0.29) is 5.91 Å². The number of hydrogen-bond donors (Lipinski definition) is 1. The van der Waals surface area contributed by atoms with Crippen LogP contribution in [0.25, 0.3) is 11.2 Å². The molecule has 27 heavy (non-hydrogen) atoms. The summed E-state index contributed by atoms with van der Waals surface area (Å²) in [7, 11) is 0. The molecule has 0 aliphatic rings. The second-order valence-electron chi connectivity index (χ2n) is 6.09. The number of thiophene rings is 1. The fourth-order valence-electron chi connectivity index (χ4n) is 2.90. The summed E-state index contributed by atoms with van der Waals surface area (Å²) in [4.78, 5) is 22.7. The van der Waals surface area contributed by atoms with Crippen molar-refractivity contribution in [2.24, 2.45) is 0 Å². The maximum atomic E-state index is 12.3. The van der Waals surface area contributed by atoms with Crippen LogP contribution in [0.4, 0.5) is 5.69 Å². The molecule has 3 aromatic heterocycles. The second-order valence-corrected chi connectivity index (χ2v) is 7.56. The molecule has 0 spiro atoms. The second kappa shape index (κ2) is 7.90. The Bertz CT molecular complexity index is 1060. The molecule has 5 nitrogen and oxygen atoms in total. The number of carbonyl (C=O) groups excluding carboxylic acids is 1. The number of rotatable bonds is 6.